The fourth-order valence-corrected chi connectivity index (χ4v) is 1.77. The number of esters is 1. The Balaban J connectivity index is 1.79. The van der Waals surface area contributed by atoms with Crippen LogP contribution in [-0.2, 0) is 14.3 Å². The first-order valence-electron chi connectivity index (χ1n) is 7.03. The van der Waals surface area contributed by atoms with Gasteiger partial charge in [0, 0.05) is 11.8 Å². The molecule has 0 fully saturated rings. The second-order valence-electron chi connectivity index (χ2n) is 4.73. The van der Waals surface area contributed by atoms with E-state index in [-0.39, 0.29) is 12.3 Å². The predicted molar refractivity (Wildman–Crippen MR) is 84.6 cm³/mol. The summed E-state index contributed by atoms with van der Waals surface area (Å²) in [6.07, 6.45) is 0. The van der Waals surface area contributed by atoms with Crippen molar-refractivity contribution < 1.29 is 28.4 Å². The van der Waals surface area contributed by atoms with E-state index in [0.717, 1.165) is 18.2 Å². The third kappa shape index (κ3) is 5.57. The Labute approximate surface area is 141 Å². The van der Waals surface area contributed by atoms with E-state index in [0.29, 0.717) is 5.75 Å². The Hall–Kier alpha value is -3.49. The SMILES string of the molecule is O=C(COC(=O)COc1ccccc1)Nc1ccc(F)c([N+](=O)[O-])c1. The number of anilines is 1. The number of carbonyl (C=O) groups is 2. The number of carbonyl (C=O) groups excluding carboxylic acids is 2. The van der Waals surface area contributed by atoms with Crippen LogP contribution >= 0.6 is 0 Å². The summed E-state index contributed by atoms with van der Waals surface area (Å²) in [7, 11) is 0. The number of nitro groups is 1. The molecule has 2 aromatic rings. The first kappa shape index (κ1) is 17.9. The summed E-state index contributed by atoms with van der Waals surface area (Å²) in [5.74, 6) is -2.03. The number of nitrogens with zero attached hydrogens (tertiary/aromatic N) is 1. The molecule has 2 rings (SSSR count). The minimum atomic E-state index is -1.02. The highest BCUT2D eigenvalue weighted by Crippen LogP contribution is 2.21. The normalized spacial score (nSPS) is 9.96. The summed E-state index contributed by atoms with van der Waals surface area (Å²) in [5.41, 5.74) is -0.763. The summed E-state index contributed by atoms with van der Waals surface area (Å²) in [4.78, 5) is 32.9. The Morgan fingerprint density at radius 3 is 2.52 bits per heavy atom. The van der Waals surface area contributed by atoms with Gasteiger partial charge in [-0.15, -0.1) is 0 Å². The van der Waals surface area contributed by atoms with Gasteiger partial charge in [-0.1, -0.05) is 18.2 Å². The lowest BCUT2D eigenvalue weighted by Crippen LogP contribution is -2.23. The van der Waals surface area contributed by atoms with Gasteiger partial charge in [-0.2, -0.15) is 4.39 Å². The highest BCUT2D eigenvalue weighted by Gasteiger charge is 2.16. The first-order valence-corrected chi connectivity index (χ1v) is 7.03. The number of para-hydroxylation sites is 1. The van der Waals surface area contributed by atoms with Crippen LogP contribution in [0.2, 0.25) is 0 Å². The molecule has 0 aliphatic heterocycles. The zero-order valence-electron chi connectivity index (χ0n) is 12.8. The van der Waals surface area contributed by atoms with Gasteiger partial charge < -0.3 is 14.8 Å². The quantitative estimate of drug-likeness (QED) is 0.467. The Morgan fingerprint density at radius 1 is 1.12 bits per heavy atom. The van der Waals surface area contributed by atoms with E-state index in [1.54, 1.807) is 30.3 Å². The minimum Gasteiger partial charge on any atom is -0.482 e. The molecule has 8 nitrogen and oxygen atoms in total. The topological polar surface area (TPSA) is 108 Å². The third-order valence-electron chi connectivity index (χ3n) is 2.89. The first-order chi connectivity index (χ1) is 12.0. The number of rotatable bonds is 7. The van der Waals surface area contributed by atoms with Crippen LogP contribution in [0.5, 0.6) is 5.75 Å². The fraction of sp³-hybridized carbons (Fsp3) is 0.125. The van der Waals surface area contributed by atoms with Crippen molar-refractivity contribution in [1.29, 1.82) is 0 Å². The zero-order valence-corrected chi connectivity index (χ0v) is 12.8. The number of hydrogen-bond donors (Lipinski definition) is 1. The molecule has 0 saturated carbocycles. The Morgan fingerprint density at radius 2 is 1.84 bits per heavy atom. The molecule has 0 radical (unpaired) electrons. The van der Waals surface area contributed by atoms with Crippen molar-refractivity contribution in [2.24, 2.45) is 0 Å². The molecule has 0 saturated heterocycles. The summed E-state index contributed by atoms with van der Waals surface area (Å²) in [6, 6.07) is 11.4. The van der Waals surface area contributed by atoms with E-state index < -0.39 is 34.9 Å². The van der Waals surface area contributed by atoms with Crippen LogP contribution in [0.4, 0.5) is 15.8 Å². The van der Waals surface area contributed by atoms with Gasteiger partial charge >= 0.3 is 11.7 Å². The molecule has 0 bridgehead atoms. The lowest BCUT2D eigenvalue weighted by molar-refractivity contribution is -0.387. The van der Waals surface area contributed by atoms with E-state index in [2.05, 4.69) is 5.32 Å². The molecule has 25 heavy (non-hydrogen) atoms. The van der Waals surface area contributed by atoms with E-state index >= 15 is 0 Å². The average Bonchev–Trinajstić information content (AvgIpc) is 2.60. The molecule has 0 unspecified atom stereocenters. The maximum atomic E-state index is 13.2. The smallest absolute Gasteiger partial charge is 0.344 e. The highest BCUT2D eigenvalue weighted by molar-refractivity contribution is 5.93. The predicted octanol–water partition coefficient (Wildman–Crippen LogP) is 2.29. The van der Waals surface area contributed by atoms with Gasteiger partial charge in [-0.05, 0) is 24.3 Å². The number of nitro benzene ring substituents is 1. The minimum absolute atomic E-state index is 0.00897. The molecular formula is C16H13FN2O6. The van der Waals surface area contributed by atoms with E-state index in [1.807, 2.05) is 0 Å². The summed E-state index contributed by atoms with van der Waals surface area (Å²) >= 11 is 0. The van der Waals surface area contributed by atoms with Gasteiger partial charge in [-0.25, -0.2) is 4.79 Å². The number of halogens is 1. The molecule has 1 amide bonds. The highest BCUT2D eigenvalue weighted by atomic mass is 19.1. The van der Waals surface area contributed by atoms with Crippen molar-refractivity contribution >= 4 is 23.3 Å². The van der Waals surface area contributed by atoms with E-state index in [4.69, 9.17) is 9.47 Å². The van der Waals surface area contributed by atoms with Gasteiger partial charge in [0.15, 0.2) is 13.2 Å². The lowest BCUT2D eigenvalue weighted by atomic mass is 10.2. The van der Waals surface area contributed by atoms with Crippen molar-refractivity contribution in [2.45, 2.75) is 0 Å². The molecule has 0 spiro atoms. The monoisotopic (exact) mass is 348 g/mol. The molecule has 0 aliphatic rings. The number of nitrogens with one attached hydrogen (secondary N) is 1. The van der Waals surface area contributed by atoms with Crippen LogP contribution in [0.1, 0.15) is 0 Å². The van der Waals surface area contributed by atoms with Crippen LogP contribution in [0.25, 0.3) is 0 Å². The zero-order chi connectivity index (χ0) is 18.2. The molecule has 9 heteroatoms. The van der Waals surface area contributed by atoms with Crippen molar-refractivity contribution in [3.8, 4) is 5.75 Å². The van der Waals surface area contributed by atoms with Crippen molar-refractivity contribution in [3.63, 3.8) is 0 Å². The second kappa shape index (κ2) is 8.39. The molecule has 0 heterocycles. The van der Waals surface area contributed by atoms with Gasteiger partial charge in [0.25, 0.3) is 5.91 Å². The number of amides is 1. The summed E-state index contributed by atoms with van der Waals surface area (Å²) in [5, 5.41) is 12.9. The van der Waals surface area contributed by atoms with Gasteiger partial charge in [-0.3, -0.25) is 14.9 Å². The fourth-order valence-electron chi connectivity index (χ4n) is 1.77. The van der Waals surface area contributed by atoms with Crippen LogP contribution in [-0.4, -0.2) is 30.0 Å². The van der Waals surface area contributed by atoms with Gasteiger partial charge in [0.2, 0.25) is 5.82 Å². The van der Waals surface area contributed by atoms with Crippen LogP contribution in [0.3, 0.4) is 0 Å². The standard InChI is InChI=1S/C16H13FN2O6/c17-13-7-6-11(8-14(13)19(22)23)18-15(20)9-25-16(21)10-24-12-4-2-1-3-5-12/h1-8H,9-10H2,(H,18,20). The third-order valence-corrected chi connectivity index (χ3v) is 2.89. The number of benzene rings is 2. The maximum absolute atomic E-state index is 13.2. The molecule has 0 atom stereocenters. The Kier molecular flexibility index (Phi) is 5.99. The second-order valence-corrected chi connectivity index (χ2v) is 4.73. The van der Waals surface area contributed by atoms with Crippen molar-refractivity contribution in [2.75, 3.05) is 18.5 Å². The number of hydrogen-bond acceptors (Lipinski definition) is 6. The maximum Gasteiger partial charge on any atom is 0.344 e. The van der Waals surface area contributed by atoms with Crippen LogP contribution < -0.4 is 10.1 Å². The largest absolute Gasteiger partial charge is 0.482 e. The van der Waals surface area contributed by atoms with Gasteiger partial charge in [0.1, 0.15) is 5.75 Å². The van der Waals surface area contributed by atoms with Crippen LogP contribution in [0.15, 0.2) is 48.5 Å². The average molecular weight is 348 g/mol. The summed E-state index contributed by atoms with van der Waals surface area (Å²) in [6.45, 7) is -0.985. The molecule has 0 aliphatic carbocycles. The van der Waals surface area contributed by atoms with Crippen molar-refractivity contribution in [1.82, 2.24) is 0 Å². The van der Waals surface area contributed by atoms with Crippen molar-refractivity contribution in [3.05, 3.63) is 64.5 Å². The molecule has 130 valence electrons. The molecule has 2 aromatic carbocycles. The Bertz CT molecular complexity index is 781. The molecular weight excluding hydrogens is 335 g/mol. The molecule has 1 N–H and O–H groups in total. The number of ether oxygens (including phenoxy) is 2. The van der Waals surface area contributed by atoms with E-state index in [1.165, 1.54) is 0 Å². The summed E-state index contributed by atoms with van der Waals surface area (Å²) < 4.78 is 23.1. The van der Waals surface area contributed by atoms with Crippen LogP contribution in [0, 0.1) is 15.9 Å². The molecule has 0 aromatic heterocycles. The lowest BCUT2D eigenvalue weighted by Gasteiger charge is -2.08. The van der Waals surface area contributed by atoms with E-state index in [9.17, 15) is 24.1 Å². The van der Waals surface area contributed by atoms with Gasteiger partial charge in [0.05, 0.1) is 4.92 Å².